The van der Waals surface area contributed by atoms with E-state index in [0.717, 1.165) is 31.6 Å². The lowest BCUT2D eigenvalue weighted by atomic mass is 9.89. The molecule has 0 saturated carbocycles. The van der Waals surface area contributed by atoms with E-state index in [2.05, 4.69) is 67.4 Å². The average molecular weight is 364 g/mol. The molecule has 0 unspecified atom stereocenters. The second-order valence-electron chi connectivity index (χ2n) is 7.71. The predicted octanol–water partition coefficient (Wildman–Crippen LogP) is 5.62. The first-order valence-corrected chi connectivity index (χ1v) is 10.3. The number of hydrogen-bond acceptors (Lipinski definition) is 2. The SMILES string of the molecule is CCCCN(C)CCC=C(c1cccc(OC)c1)C1Cc2ccccc2C1. The molecule has 0 N–H and O–H groups in total. The molecule has 2 aromatic carbocycles. The van der Waals surface area contributed by atoms with Crippen LogP contribution in [0.2, 0.25) is 0 Å². The topological polar surface area (TPSA) is 12.5 Å². The quantitative estimate of drug-likeness (QED) is 0.574. The average Bonchev–Trinajstić information content (AvgIpc) is 3.13. The van der Waals surface area contributed by atoms with Crippen molar-refractivity contribution in [1.29, 1.82) is 0 Å². The van der Waals surface area contributed by atoms with Crippen molar-refractivity contribution in [3.63, 3.8) is 0 Å². The van der Waals surface area contributed by atoms with Gasteiger partial charge in [0.15, 0.2) is 0 Å². The number of allylic oxidation sites excluding steroid dienone is 1. The Morgan fingerprint density at radius 3 is 2.48 bits per heavy atom. The Kier molecular flexibility index (Phi) is 7.11. The summed E-state index contributed by atoms with van der Waals surface area (Å²) in [6.45, 7) is 4.56. The van der Waals surface area contributed by atoms with Crippen molar-refractivity contribution in [1.82, 2.24) is 4.90 Å². The zero-order chi connectivity index (χ0) is 19.1. The fraction of sp³-hybridized carbons (Fsp3) is 0.440. The van der Waals surface area contributed by atoms with Gasteiger partial charge in [-0.2, -0.15) is 0 Å². The third kappa shape index (κ3) is 5.23. The maximum absolute atomic E-state index is 5.48. The van der Waals surface area contributed by atoms with Gasteiger partial charge in [0, 0.05) is 6.54 Å². The molecule has 0 spiro atoms. The minimum atomic E-state index is 0.565. The summed E-state index contributed by atoms with van der Waals surface area (Å²) in [6.07, 6.45) is 8.40. The van der Waals surface area contributed by atoms with E-state index in [-0.39, 0.29) is 0 Å². The first-order valence-electron chi connectivity index (χ1n) is 10.3. The van der Waals surface area contributed by atoms with E-state index in [4.69, 9.17) is 4.74 Å². The van der Waals surface area contributed by atoms with E-state index in [1.54, 1.807) is 7.11 Å². The molecule has 1 aliphatic rings. The summed E-state index contributed by atoms with van der Waals surface area (Å²) < 4.78 is 5.48. The summed E-state index contributed by atoms with van der Waals surface area (Å²) in [7, 11) is 3.98. The molecule has 3 rings (SSSR count). The van der Waals surface area contributed by atoms with Gasteiger partial charge in [0.2, 0.25) is 0 Å². The maximum atomic E-state index is 5.48. The van der Waals surface area contributed by atoms with Crippen LogP contribution in [0.3, 0.4) is 0 Å². The highest BCUT2D eigenvalue weighted by atomic mass is 16.5. The molecule has 2 nitrogen and oxygen atoms in total. The normalized spacial score (nSPS) is 14.6. The fourth-order valence-corrected chi connectivity index (χ4v) is 4.08. The second kappa shape index (κ2) is 9.75. The summed E-state index contributed by atoms with van der Waals surface area (Å²) in [5, 5.41) is 0. The molecule has 0 heterocycles. The smallest absolute Gasteiger partial charge is 0.119 e. The van der Waals surface area contributed by atoms with E-state index >= 15 is 0 Å². The number of fused-ring (bicyclic) bond motifs is 1. The number of rotatable bonds is 9. The molecule has 0 aliphatic heterocycles. The number of nitrogens with zero attached hydrogens (tertiary/aromatic N) is 1. The van der Waals surface area contributed by atoms with Crippen molar-refractivity contribution in [2.75, 3.05) is 27.2 Å². The minimum Gasteiger partial charge on any atom is -0.497 e. The van der Waals surface area contributed by atoms with Gasteiger partial charge >= 0.3 is 0 Å². The summed E-state index contributed by atoms with van der Waals surface area (Å²) in [5.74, 6) is 1.50. The Hall–Kier alpha value is -2.06. The Labute approximate surface area is 164 Å². The standard InChI is InChI=1S/C25H33NO/c1-4-5-15-26(2)16-9-14-25(22-12-8-13-24(19-22)27-3)23-17-20-10-6-7-11-21(20)18-23/h6-8,10-14,19,23H,4-5,9,15-18H2,1-3H3. The van der Waals surface area contributed by atoms with Crippen molar-refractivity contribution >= 4 is 5.57 Å². The molecule has 2 aromatic rings. The highest BCUT2D eigenvalue weighted by Crippen LogP contribution is 2.37. The molecule has 0 fully saturated rings. The van der Waals surface area contributed by atoms with E-state index in [1.165, 1.54) is 41.6 Å². The number of ether oxygens (including phenoxy) is 1. The van der Waals surface area contributed by atoms with Gasteiger partial charge < -0.3 is 9.64 Å². The van der Waals surface area contributed by atoms with E-state index in [9.17, 15) is 0 Å². The minimum absolute atomic E-state index is 0.565. The van der Waals surface area contributed by atoms with Crippen LogP contribution in [0.5, 0.6) is 5.75 Å². The highest BCUT2D eigenvalue weighted by molar-refractivity contribution is 5.70. The van der Waals surface area contributed by atoms with Gasteiger partial charge in [-0.15, -0.1) is 0 Å². The molecule has 0 saturated heterocycles. The number of unbranched alkanes of at least 4 members (excludes halogenated alkanes) is 1. The molecular weight excluding hydrogens is 330 g/mol. The molecule has 0 radical (unpaired) electrons. The Balaban J connectivity index is 1.78. The fourth-order valence-electron chi connectivity index (χ4n) is 4.08. The molecule has 0 aromatic heterocycles. The van der Waals surface area contributed by atoms with Crippen molar-refractivity contribution < 1.29 is 4.74 Å². The summed E-state index contributed by atoms with van der Waals surface area (Å²) in [4.78, 5) is 2.45. The molecule has 27 heavy (non-hydrogen) atoms. The lowest BCUT2D eigenvalue weighted by Crippen LogP contribution is -2.20. The first kappa shape index (κ1) is 19.7. The predicted molar refractivity (Wildman–Crippen MR) is 115 cm³/mol. The van der Waals surface area contributed by atoms with Gasteiger partial charge in [0.1, 0.15) is 5.75 Å². The third-order valence-corrected chi connectivity index (χ3v) is 5.66. The Morgan fingerprint density at radius 2 is 1.81 bits per heavy atom. The molecule has 0 bridgehead atoms. The number of methoxy groups -OCH3 is 1. The van der Waals surface area contributed by atoms with Crippen LogP contribution in [0.15, 0.2) is 54.6 Å². The Morgan fingerprint density at radius 1 is 1.07 bits per heavy atom. The molecular formula is C25H33NO. The van der Waals surface area contributed by atoms with E-state index in [0.29, 0.717) is 5.92 Å². The molecule has 1 aliphatic carbocycles. The van der Waals surface area contributed by atoms with Crippen LogP contribution < -0.4 is 4.74 Å². The van der Waals surface area contributed by atoms with Gasteiger partial charge in [-0.05, 0) is 79.6 Å². The zero-order valence-electron chi connectivity index (χ0n) is 17.1. The number of hydrogen-bond donors (Lipinski definition) is 0. The largest absolute Gasteiger partial charge is 0.497 e. The lowest BCUT2D eigenvalue weighted by molar-refractivity contribution is 0.334. The van der Waals surface area contributed by atoms with Gasteiger partial charge in [-0.25, -0.2) is 0 Å². The van der Waals surface area contributed by atoms with Crippen LogP contribution in [-0.4, -0.2) is 32.1 Å². The first-order chi connectivity index (χ1) is 13.2. The Bertz CT molecular complexity index is 739. The van der Waals surface area contributed by atoms with Gasteiger partial charge in [-0.1, -0.05) is 55.8 Å². The van der Waals surface area contributed by atoms with E-state index in [1.807, 2.05) is 6.07 Å². The van der Waals surface area contributed by atoms with Crippen LogP contribution in [0, 0.1) is 5.92 Å². The monoisotopic (exact) mass is 363 g/mol. The van der Waals surface area contributed by atoms with E-state index < -0.39 is 0 Å². The third-order valence-electron chi connectivity index (χ3n) is 5.66. The van der Waals surface area contributed by atoms with Gasteiger partial charge in [-0.3, -0.25) is 0 Å². The van der Waals surface area contributed by atoms with Crippen molar-refractivity contribution in [2.24, 2.45) is 5.92 Å². The molecule has 0 amide bonds. The summed E-state index contributed by atoms with van der Waals surface area (Å²) >= 11 is 0. The van der Waals surface area contributed by atoms with Gasteiger partial charge in [0.05, 0.1) is 7.11 Å². The van der Waals surface area contributed by atoms with Gasteiger partial charge in [0.25, 0.3) is 0 Å². The van der Waals surface area contributed by atoms with Crippen molar-refractivity contribution in [2.45, 2.75) is 39.0 Å². The van der Waals surface area contributed by atoms with Crippen LogP contribution in [0.1, 0.15) is 42.9 Å². The lowest BCUT2D eigenvalue weighted by Gasteiger charge is -2.18. The van der Waals surface area contributed by atoms with Crippen LogP contribution in [-0.2, 0) is 12.8 Å². The van der Waals surface area contributed by atoms with Crippen LogP contribution >= 0.6 is 0 Å². The second-order valence-corrected chi connectivity index (χ2v) is 7.71. The molecule has 2 heteroatoms. The van der Waals surface area contributed by atoms with Crippen LogP contribution in [0.4, 0.5) is 0 Å². The zero-order valence-corrected chi connectivity index (χ0v) is 17.1. The maximum Gasteiger partial charge on any atom is 0.119 e. The van der Waals surface area contributed by atoms with Crippen molar-refractivity contribution in [3.8, 4) is 5.75 Å². The number of benzene rings is 2. The highest BCUT2D eigenvalue weighted by Gasteiger charge is 2.25. The van der Waals surface area contributed by atoms with Crippen molar-refractivity contribution in [3.05, 3.63) is 71.3 Å². The molecule has 144 valence electrons. The summed E-state index contributed by atoms with van der Waals surface area (Å²) in [6, 6.07) is 17.5. The van der Waals surface area contributed by atoms with Crippen LogP contribution in [0.25, 0.3) is 5.57 Å². The molecule has 0 atom stereocenters. The summed E-state index contributed by atoms with van der Waals surface area (Å²) in [5.41, 5.74) is 5.81.